The van der Waals surface area contributed by atoms with Crippen LogP contribution in [0.15, 0.2) is 42.5 Å². The number of nitrogens with one attached hydrogen (secondary N) is 2. The Morgan fingerprint density at radius 3 is 2.22 bits per heavy atom. The maximum absolute atomic E-state index is 14.7. The van der Waals surface area contributed by atoms with Crippen molar-refractivity contribution in [2.24, 2.45) is 41.4 Å². The molecule has 63 heavy (non-hydrogen) atoms. The van der Waals surface area contributed by atoms with Crippen LogP contribution in [0.5, 0.6) is 0 Å². The third kappa shape index (κ3) is 10.2. The van der Waals surface area contributed by atoms with E-state index < -0.39 is 77.0 Å². The first-order valence-corrected chi connectivity index (χ1v) is 24.1. The molecular weight excluding hydrogens is 805 g/mol. The summed E-state index contributed by atoms with van der Waals surface area (Å²) < 4.78 is 33.9. The molecule has 5 aliphatic rings. The third-order valence-corrected chi connectivity index (χ3v) is 15.9. The molecule has 2 spiro atoms. The Balaban J connectivity index is 1.10. The number of hydrogen-bond donors (Lipinski definition) is 5. The molecule has 5 aliphatic heterocycles. The van der Waals surface area contributed by atoms with E-state index in [2.05, 4.69) is 31.4 Å². The number of carbonyl (C=O) groups excluding carboxylic acids is 3. The van der Waals surface area contributed by atoms with Gasteiger partial charge in [-0.3, -0.25) is 14.4 Å². The van der Waals surface area contributed by atoms with Gasteiger partial charge in [0.1, 0.15) is 11.9 Å². The van der Waals surface area contributed by atoms with Crippen molar-refractivity contribution in [3.05, 3.63) is 42.5 Å². The second-order valence-corrected chi connectivity index (χ2v) is 20.2. The van der Waals surface area contributed by atoms with Crippen molar-refractivity contribution in [1.82, 2.24) is 5.32 Å². The predicted octanol–water partition coefficient (Wildman–Crippen LogP) is 6.86. The number of carbonyl (C=O) groups is 3. The molecule has 0 aliphatic carbocycles. The van der Waals surface area contributed by atoms with Crippen molar-refractivity contribution in [1.29, 1.82) is 0 Å². The summed E-state index contributed by atoms with van der Waals surface area (Å²) in [7, 11) is 0. The van der Waals surface area contributed by atoms with Crippen molar-refractivity contribution >= 4 is 23.3 Å². The van der Waals surface area contributed by atoms with Gasteiger partial charge in [0.05, 0.1) is 60.3 Å². The lowest BCUT2D eigenvalue weighted by atomic mass is 9.72. The van der Waals surface area contributed by atoms with Gasteiger partial charge in [0.15, 0.2) is 5.79 Å². The number of hydrogen-bond acceptors (Lipinski definition) is 11. The molecule has 0 bridgehead atoms. The van der Waals surface area contributed by atoms with E-state index in [1.807, 2.05) is 59.7 Å². The molecule has 5 N–H and O–H groups in total. The number of rotatable bonds is 15. The van der Waals surface area contributed by atoms with Gasteiger partial charge in [0.2, 0.25) is 17.6 Å². The Hall–Kier alpha value is -2.75. The van der Waals surface area contributed by atoms with Crippen LogP contribution in [0.25, 0.3) is 0 Å². The largest absolute Gasteiger partial charge is 0.392 e. The zero-order chi connectivity index (χ0) is 46.1. The van der Waals surface area contributed by atoms with Gasteiger partial charge in [-0.05, 0) is 108 Å². The number of benzene rings is 1. The fraction of sp³-hybridized carbons (Fsp3) is 0.780. The van der Waals surface area contributed by atoms with Crippen LogP contribution < -0.4 is 10.6 Å². The van der Waals surface area contributed by atoms with Gasteiger partial charge in [0, 0.05) is 35.8 Å². The highest BCUT2D eigenvalue weighted by Crippen LogP contribution is 2.54. The van der Waals surface area contributed by atoms with Crippen molar-refractivity contribution in [2.75, 3.05) is 11.9 Å². The van der Waals surface area contributed by atoms with Crippen LogP contribution in [-0.4, -0.2) is 105 Å². The maximum atomic E-state index is 14.7. The lowest BCUT2D eigenvalue weighted by Crippen LogP contribution is -2.63. The normalized spacial score (nSPS) is 40.5. The Morgan fingerprint density at radius 1 is 0.873 bits per heavy atom. The zero-order valence-corrected chi connectivity index (χ0v) is 39.5. The van der Waals surface area contributed by atoms with E-state index in [0.717, 1.165) is 6.42 Å². The Labute approximate surface area is 375 Å². The number of Topliss-reactive ketones (excluding diaryl/α,β-unsaturated/α-hetero) is 1. The first kappa shape index (κ1) is 49.7. The highest BCUT2D eigenvalue weighted by Gasteiger charge is 2.63. The molecule has 0 saturated carbocycles. The Morgan fingerprint density at radius 2 is 1.57 bits per heavy atom. The van der Waals surface area contributed by atoms with Crippen LogP contribution in [0.1, 0.15) is 133 Å². The summed E-state index contributed by atoms with van der Waals surface area (Å²) in [6, 6.07) is 9.09. The van der Waals surface area contributed by atoms with Crippen LogP contribution in [0.2, 0.25) is 0 Å². The molecule has 18 atom stereocenters. The van der Waals surface area contributed by atoms with Crippen molar-refractivity contribution < 1.29 is 53.4 Å². The fourth-order valence-electron chi connectivity index (χ4n) is 11.5. The monoisotopic (exact) mass is 883 g/mol. The molecule has 4 saturated heterocycles. The first-order valence-electron chi connectivity index (χ1n) is 24.1. The summed E-state index contributed by atoms with van der Waals surface area (Å²) in [5.41, 5.74) is -1.00. The average molecular weight is 883 g/mol. The summed E-state index contributed by atoms with van der Waals surface area (Å²) in [5.74, 6) is -5.54. The fourth-order valence-corrected chi connectivity index (χ4v) is 11.5. The van der Waals surface area contributed by atoms with E-state index >= 15 is 0 Å². The quantitative estimate of drug-likeness (QED) is 0.116. The van der Waals surface area contributed by atoms with E-state index in [9.17, 15) is 29.7 Å². The van der Waals surface area contributed by atoms with Crippen LogP contribution in [0.3, 0.4) is 0 Å². The predicted molar refractivity (Wildman–Crippen MR) is 239 cm³/mol. The zero-order valence-electron chi connectivity index (χ0n) is 39.5. The Kier molecular flexibility index (Phi) is 15.8. The number of para-hydroxylation sites is 1. The first-order chi connectivity index (χ1) is 29.8. The maximum Gasteiger partial charge on any atom is 0.243 e. The van der Waals surface area contributed by atoms with Crippen LogP contribution in [0, 0.1) is 41.4 Å². The summed E-state index contributed by atoms with van der Waals surface area (Å²) >= 11 is 0. The molecule has 6 rings (SSSR count). The summed E-state index contributed by atoms with van der Waals surface area (Å²) in [6.45, 7) is 19.6. The molecule has 0 aromatic heterocycles. The van der Waals surface area contributed by atoms with Gasteiger partial charge in [-0.2, -0.15) is 0 Å². The van der Waals surface area contributed by atoms with Crippen LogP contribution >= 0.6 is 0 Å². The molecule has 1 unspecified atom stereocenters. The average Bonchev–Trinajstić information content (AvgIpc) is 3.61. The van der Waals surface area contributed by atoms with Gasteiger partial charge >= 0.3 is 0 Å². The third-order valence-electron chi connectivity index (χ3n) is 15.9. The second kappa shape index (κ2) is 20.0. The highest BCUT2D eigenvalue weighted by atomic mass is 16.8. The molecule has 1 aromatic rings. The number of amides is 2. The molecular formula is C50H78N2O11. The van der Waals surface area contributed by atoms with E-state index in [0.29, 0.717) is 63.5 Å². The minimum Gasteiger partial charge on any atom is -0.392 e. The van der Waals surface area contributed by atoms with Crippen molar-refractivity contribution in [2.45, 2.75) is 199 Å². The number of anilines is 1. The lowest BCUT2D eigenvalue weighted by Gasteiger charge is -2.54. The molecule has 4 fully saturated rings. The standard InChI is InChI=1S/C50H78N2O11/c1-11-36(46(57)51-28-41(54)52-35-17-15-14-16-18-35)38-20-19-29(4)44(60-38)33(8)42(55)32(7)43(56)37(12-2)45-30(5)27-31(6)49(61-45)24-21-39(53)50(63-49)26-25-47(10,62-50)40-22-23-48(58,13-3)34(9)59-40/h14-18,21,24,29-34,36-40,42,44-45,53,55,58H,11-13,19-20,22-23,25-28H2,1-10H3,(H,51,57)(H,52,54)/t29?,30-,31+,32-,33-,34-,36+,37-,38+,39+,40+,42+,44+,45-,47-,48+,49-,50-/m0/s1. The molecule has 1 aromatic carbocycles. The highest BCUT2D eigenvalue weighted by molar-refractivity contribution is 5.94. The molecule has 2 amide bonds. The summed E-state index contributed by atoms with van der Waals surface area (Å²) in [4.78, 5) is 40.7. The lowest BCUT2D eigenvalue weighted by molar-refractivity contribution is -0.409. The van der Waals surface area contributed by atoms with Crippen molar-refractivity contribution in [3.8, 4) is 0 Å². The topological polar surface area (TPSA) is 182 Å². The van der Waals surface area contributed by atoms with E-state index in [1.54, 1.807) is 31.2 Å². The van der Waals surface area contributed by atoms with Gasteiger partial charge < -0.3 is 49.6 Å². The Bertz CT molecular complexity index is 1760. The van der Waals surface area contributed by atoms with Gasteiger partial charge in [-0.15, -0.1) is 0 Å². The second-order valence-electron chi connectivity index (χ2n) is 20.2. The van der Waals surface area contributed by atoms with E-state index in [4.69, 9.17) is 23.7 Å². The van der Waals surface area contributed by atoms with E-state index in [1.165, 1.54) is 0 Å². The number of ether oxygens (including phenoxy) is 5. The minimum atomic E-state index is -1.39. The summed E-state index contributed by atoms with van der Waals surface area (Å²) in [5, 5.41) is 40.2. The SMILES string of the molecule is CC[C@@H](C(=O)[C@@H](C)[C@@H](O)[C@H](C)[C@@H]1O[C@@H]([C@@H](CC)C(=O)NCC(=O)Nc2ccccc2)CCC1C)[C@H]1O[C@]2(C=C[C@@H](O)[C@]3(CC[C@@](C)([C@H]4CC[C@](O)(CC)[C@H](C)O4)O3)O2)[C@H](C)C[C@@H]1C. The summed E-state index contributed by atoms with van der Waals surface area (Å²) in [6.07, 6.45) is 5.42. The number of ketones is 1. The molecule has 0 radical (unpaired) electrons. The number of aliphatic hydroxyl groups is 3. The molecule has 13 nitrogen and oxygen atoms in total. The molecule has 5 heterocycles. The number of aliphatic hydroxyl groups excluding tert-OH is 2. The van der Waals surface area contributed by atoms with Gasteiger partial charge in [-0.1, -0.05) is 73.6 Å². The van der Waals surface area contributed by atoms with Crippen molar-refractivity contribution in [3.63, 3.8) is 0 Å². The molecule has 13 heteroatoms. The van der Waals surface area contributed by atoms with Gasteiger partial charge in [-0.25, -0.2) is 0 Å². The minimum absolute atomic E-state index is 0.00529. The smallest absolute Gasteiger partial charge is 0.243 e. The van der Waals surface area contributed by atoms with Gasteiger partial charge in [0.25, 0.3) is 0 Å². The molecule has 354 valence electrons. The van der Waals surface area contributed by atoms with Crippen LogP contribution in [-0.2, 0) is 38.1 Å². The van der Waals surface area contributed by atoms with Crippen LogP contribution in [0.4, 0.5) is 5.69 Å². The van der Waals surface area contributed by atoms with E-state index in [-0.39, 0.29) is 54.1 Å².